The van der Waals surface area contributed by atoms with Gasteiger partial charge in [0.25, 0.3) is 0 Å². The van der Waals surface area contributed by atoms with Gasteiger partial charge in [0.15, 0.2) is 5.82 Å². The first-order valence-corrected chi connectivity index (χ1v) is 6.53. The number of amides is 1. The van der Waals surface area contributed by atoms with Gasteiger partial charge in [0.1, 0.15) is 5.75 Å². The zero-order valence-electron chi connectivity index (χ0n) is 11.6. The minimum atomic E-state index is -0.158. The predicted octanol–water partition coefficient (Wildman–Crippen LogP) is 2.76. The number of hydrogen-bond donors (Lipinski definition) is 2. The summed E-state index contributed by atoms with van der Waals surface area (Å²) in [6.45, 7) is 3.50. The van der Waals surface area contributed by atoms with Crippen LogP contribution in [-0.4, -0.2) is 21.0 Å². The number of carbonyl (C=O) groups is 1. The molecule has 1 amide bonds. The minimum absolute atomic E-state index is 0.158. The molecular formula is C15H17N3O2. The van der Waals surface area contributed by atoms with Gasteiger partial charge in [-0.3, -0.25) is 4.79 Å². The fourth-order valence-electron chi connectivity index (χ4n) is 1.88. The lowest BCUT2D eigenvalue weighted by molar-refractivity contribution is -0.114. The van der Waals surface area contributed by atoms with E-state index in [0.717, 1.165) is 29.8 Å². The third-order valence-electron chi connectivity index (χ3n) is 2.79. The van der Waals surface area contributed by atoms with Gasteiger partial charge >= 0.3 is 0 Å². The number of benzene rings is 1. The third kappa shape index (κ3) is 3.32. The van der Waals surface area contributed by atoms with Crippen molar-refractivity contribution < 1.29 is 9.90 Å². The van der Waals surface area contributed by atoms with Gasteiger partial charge in [0.2, 0.25) is 5.91 Å². The number of carbonyl (C=O) groups excluding carboxylic acids is 1. The molecule has 0 unspecified atom stereocenters. The SMILES string of the molecule is CCCc1nc(-c2ccc(O)cc2)cnc1NC(C)=O. The second-order valence-electron chi connectivity index (χ2n) is 4.53. The molecular weight excluding hydrogens is 254 g/mol. The van der Waals surface area contributed by atoms with Gasteiger partial charge in [-0.1, -0.05) is 13.3 Å². The summed E-state index contributed by atoms with van der Waals surface area (Å²) < 4.78 is 0. The summed E-state index contributed by atoms with van der Waals surface area (Å²) >= 11 is 0. The number of anilines is 1. The molecule has 1 aromatic heterocycles. The van der Waals surface area contributed by atoms with E-state index in [0.29, 0.717) is 5.82 Å². The van der Waals surface area contributed by atoms with Crippen molar-refractivity contribution in [3.8, 4) is 17.0 Å². The molecule has 2 rings (SSSR count). The third-order valence-corrected chi connectivity index (χ3v) is 2.79. The molecule has 0 atom stereocenters. The molecule has 0 aliphatic rings. The topological polar surface area (TPSA) is 75.1 Å². The van der Waals surface area contributed by atoms with Gasteiger partial charge in [-0.2, -0.15) is 0 Å². The standard InChI is InChI=1S/C15H17N3O2/c1-3-4-13-15(17-10(2)19)16-9-14(18-13)11-5-7-12(20)8-6-11/h5-9,20H,3-4H2,1-2H3,(H,16,17,19). The summed E-state index contributed by atoms with van der Waals surface area (Å²) in [6.07, 6.45) is 3.28. The van der Waals surface area contributed by atoms with E-state index in [1.165, 1.54) is 6.92 Å². The Hall–Kier alpha value is -2.43. The highest BCUT2D eigenvalue weighted by atomic mass is 16.3. The van der Waals surface area contributed by atoms with Crippen LogP contribution in [-0.2, 0) is 11.2 Å². The van der Waals surface area contributed by atoms with E-state index in [1.54, 1.807) is 30.5 Å². The normalized spacial score (nSPS) is 10.3. The zero-order valence-corrected chi connectivity index (χ0v) is 11.6. The molecule has 2 N–H and O–H groups in total. The molecule has 2 aromatic rings. The molecule has 0 fully saturated rings. The van der Waals surface area contributed by atoms with E-state index in [2.05, 4.69) is 15.3 Å². The van der Waals surface area contributed by atoms with Crippen molar-refractivity contribution in [3.05, 3.63) is 36.2 Å². The van der Waals surface area contributed by atoms with Crippen LogP contribution in [0.15, 0.2) is 30.5 Å². The Bertz CT molecular complexity index is 609. The predicted molar refractivity (Wildman–Crippen MR) is 77.4 cm³/mol. The van der Waals surface area contributed by atoms with Gasteiger partial charge in [-0.25, -0.2) is 9.97 Å². The summed E-state index contributed by atoms with van der Waals surface area (Å²) in [5, 5.41) is 12.0. The maximum Gasteiger partial charge on any atom is 0.222 e. The minimum Gasteiger partial charge on any atom is -0.508 e. The molecule has 0 radical (unpaired) electrons. The van der Waals surface area contributed by atoms with Crippen LogP contribution < -0.4 is 5.32 Å². The molecule has 20 heavy (non-hydrogen) atoms. The number of nitrogens with zero attached hydrogens (tertiary/aromatic N) is 2. The van der Waals surface area contributed by atoms with Crippen LogP contribution in [0.2, 0.25) is 0 Å². The molecule has 0 aliphatic heterocycles. The van der Waals surface area contributed by atoms with Gasteiger partial charge in [-0.05, 0) is 30.7 Å². The number of rotatable bonds is 4. The van der Waals surface area contributed by atoms with Crippen LogP contribution in [0.1, 0.15) is 26.0 Å². The Morgan fingerprint density at radius 2 is 2.00 bits per heavy atom. The average molecular weight is 271 g/mol. The second kappa shape index (κ2) is 6.14. The number of phenols is 1. The number of phenolic OH excluding ortho intramolecular Hbond substituents is 1. The van der Waals surface area contributed by atoms with E-state index >= 15 is 0 Å². The Morgan fingerprint density at radius 3 is 2.60 bits per heavy atom. The Balaban J connectivity index is 2.38. The van der Waals surface area contributed by atoms with Crippen molar-refractivity contribution in [2.24, 2.45) is 0 Å². The van der Waals surface area contributed by atoms with Gasteiger partial charge in [-0.15, -0.1) is 0 Å². The molecule has 0 saturated carbocycles. The van der Waals surface area contributed by atoms with Crippen LogP contribution in [0.5, 0.6) is 5.75 Å². The summed E-state index contributed by atoms with van der Waals surface area (Å²) in [5.41, 5.74) is 2.37. The molecule has 1 heterocycles. The van der Waals surface area contributed by atoms with Crippen LogP contribution in [0.4, 0.5) is 5.82 Å². The average Bonchev–Trinajstić information content (AvgIpc) is 2.41. The highest BCUT2D eigenvalue weighted by Crippen LogP contribution is 2.22. The van der Waals surface area contributed by atoms with Gasteiger partial charge in [0.05, 0.1) is 17.6 Å². The van der Waals surface area contributed by atoms with Crippen LogP contribution in [0, 0.1) is 0 Å². The molecule has 1 aromatic carbocycles. The van der Waals surface area contributed by atoms with Crippen molar-refractivity contribution in [1.82, 2.24) is 9.97 Å². The first-order chi connectivity index (χ1) is 9.60. The first-order valence-electron chi connectivity index (χ1n) is 6.53. The maximum atomic E-state index is 11.2. The summed E-state index contributed by atoms with van der Waals surface area (Å²) in [7, 11) is 0. The van der Waals surface area contributed by atoms with Crippen molar-refractivity contribution in [2.45, 2.75) is 26.7 Å². The Kier molecular flexibility index (Phi) is 4.30. The molecule has 104 valence electrons. The number of aromatic hydroxyl groups is 1. The molecule has 0 spiro atoms. The van der Waals surface area contributed by atoms with E-state index in [-0.39, 0.29) is 11.7 Å². The molecule has 0 aliphatic carbocycles. The number of hydrogen-bond acceptors (Lipinski definition) is 4. The maximum absolute atomic E-state index is 11.2. The Labute approximate surface area is 117 Å². The van der Waals surface area contributed by atoms with E-state index in [4.69, 9.17) is 0 Å². The lowest BCUT2D eigenvalue weighted by Gasteiger charge is -2.09. The number of aromatic nitrogens is 2. The lowest BCUT2D eigenvalue weighted by Crippen LogP contribution is -2.11. The molecule has 5 nitrogen and oxygen atoms in total. The number of nitrogens with one attached hydrogen (secondary N) is 1. The quantitative estimate of drug-likeness (QED) is 0.896. The largest absolute Gasteiger partial charge is 0.508 e. The van der Waals surface area contributed by atoms with Gasteiger partial charge < -0.3 is 10.4 Å². The van der Waals surface area contributed by atoms with E-state index in [9.17, 15) is 9.90 Å². The summed E-state index contributed by atoms with van der Waals surface area (Å²) in [6, 6.07) is 6.79. The van der Waals surface area contributed by atoms with Crippen molar-refractivity contribution in [3.63, 3.8) is 0 Å². The Morgan fingerprint density at radius 1 is 1.30 bits per heavy atom. The van der Waals surface area contributed by atoms with Crippen LogP contribution in [0.3, 0.4) is 0 Å². The summed E-state index contributed by atoms with van der Waals surface area (Å²) in [4.78, 5) is 20.0. The highest BCUT2D eigenvalue weighted by molar-refractivity contribution is 5.88. The zero-order chi connectivity index (χ0) is 14.5. The molecule has 0 saturated heterocycles. The first kappa shape index (κ1) is 14.0. The van der Waals surface area contributed by atoms with Gasteiger partial charge in [0, 0.05) is 12.5 Å². The second-order valence-corrected chi connectivity index (χ2v) is 4.53. The van der Waals surface area contributed by atoms with Crippen molar-refractivity contribution in [2.75, 3.05) is 5.32 Å². The van der Waals surface area contributed by atoms with Crippen molar-refractivity contribution >= 4 is 11.7 Å². The van der Waals surface area contributed by atoms with E-state index < -0.39 is 0 Å². The van der Waals surface area contributed by atoms with E-state index in [1.807, 2.05) is 6.92 Å². The van der Waals surface area contributed by atoms with Crippen molar-refractivity contribution in [1.29, 1.82) is 0 Å². The van der Waals surface area contributed by atoms with Crippen LogP contribution in [0.25, 0.3) is 11.3 Å². The molecule has 5 heteroatoms. The fourth-order valence-corrected chi connectivity index (χ4v) is 1.88. The van der Waals surface area contributed by atoms with Crippen LogP contribution >= 0.6 is 0 Å². The highest BCUT2D eigenvalue weighted by Gasteiger charge is 2.09. The smallest absolute Gasteiger partial charge is 0.222 e. The molecule has 0 bridgehead atoms. The summed E-state index contributed by atoms with van der Waals surface area (Å²) in [5.74, 6) is 0.571. The monoisotopic (exact) mass is 271 g/mol. The fraction of sp³-hybridized carbons (Fsp3) is 0.267. The lowest BCUT2D eigenvalue weighted by atomic mass is 10.1. The number of aryl methyl sites for hydroxylation is 1.